The molecule has 0 bridgehead atoms. The fraction of sp³-hybridized carbons (Fsp3) is 0.409. The lowest BCUT2D eigenvalue weighted by Crippen LogP contribution is -2.50. The molecule has 0 radical (unpaired) electrons. The van der Waals surface area contributed by atoms with Crippen molar-refractivity contribution in [2.24, 2.45) is 0 Å². The molecule has 2 aromatic carbocycles. The van der Waals surface area contributed by atoms with Gasteiger partial charge in [-0.05, 0) is 43.0 Å². The van der Waals surface area contributed by atoms with Crippen LogP contribution in [0.15, 0.2) is 52.3 Å². The van der Waals surface area contributed by atoms with Gasteiger partial charge in [-0.2, -0.15) is 0 Å². The summed E-state index contributed by atoms with van der Waals surface area (Å²) in [6, 6.07) is 15.8. The van der Waals surface area contributed by atoms with Crippen molar-refractivity contribution in [2.75, 3.05) is 32.8 Å². The van der Waals surface area contributed by atoms with Gasteiger partial charge in [0.25, 0.3) is 0 Å². The van der Waals surface area contributed by atoms with Gasteiger partial charge in [-0.3, -0.25) is 4.90 Å². The molecule has 142 valence electrons. The van der Waals surface area contributed by atoms with Gasteiger partial charge in [0.1, 0.15) is 0 Å². The predicted octanol–water partition coefficient (Wildman–Crippen LogP) is 4.52. The predicted molar refractivity (Wildman–Crippen MR) is 108 cm³/mol. The van der Waals surface area contributed by atoms with Crippen LogP contribution in [0.25, 0.3) is 0 Å². The highest BCUT2D eigenvalue weighted by atomic mass is 32.2. The van der Waals surface area contributed by atoms with Gasteiger partial charge in [0, 0.05) is 42.0 Å². The second-order valence-electron chi connectivity index (χ2n) is 7.14. The Hall–Kier alpha value is -1.98. The molecule has 0 N–H and O–H groups in total. The number of ether oxygens (including phenoxy) is 1. The van der Waals surface area contributed by atoms with Gasteiger partial charge in [0.05, 0.1) is 6.61 Å². The lowest BCUT2D eigenvalue weighted by atomic mass is 9.95. The molecule has 0 spiro atoms. The molecule has 5 heteroatoms. The lowest BCUT2D eigenvalue weighted by Gasteiger charge is -2.39. The highest BCUT2D eigenvalue weighted by molar-refractivity contribution is 7.99. The molecule has 27 heavy (non-hydrogen) atoms. The van der Waals surface area contributed by atoms with Crippen LogP contribution in [0.1, 0.15) is 29.7 Å². The first-order chi connectivity index (χ1) is 13.2. The summed E-state index contributed by atoms with van der Waals surface area (Å²) in [6.07, 6.45) is 0.828. The number of fused-ring (bicyclic) bond motifs is 2. The minimum Gasteiger partial charge on any atom is -0.450 e. The second kappa shape index (κ2) is 7.95. The fourth-order valence-electron chi connectivity index (χ4n) is 4.03. The summed E-state index contributed by atoms with van der Waals surface area (Å²) >= 11 is 1.90. The number of amides is 1. The van der Waals surface area contributed by atoms with E-state index in [1.54, 1.807) is 0 Å². The van der Waals surface area contributed by atoms with Gasteiger partial charge in [0.2, 0.25) is 0 Å². The highest BCUT2D eigenvalue weighted by Crippen LogP contribution is 2.44. The molecular weight excluding hydrogens is 356 g/mol. The van der Waals surface area contributed by atoms with Crippen LogP contribution >= 0.6 is 11.8 Å². The third kappa shape index (κ3) is 3.71. The van der Waals surface area contributed by atoms with Crippen LogP contribution in [0.5, 0.6) is 0 Å². The van der Waals surface area contributed by atoms with Crippen molar-refractivity contribution in [1.29, 1.82) is 0 Å². The van der Waals surface area contributed by atoms with Crippen LogP contribution in [-0.4, -0.2) is 48.7 Å². The smallest absolute Gasteiger partial charge is 0.409 e. The Labute approximate surface area is 165 Å². The summed E-state index contributed by atoms with van der Waals surface area (Å²) < 4.78 is 5.17. The van der Waals surface area contributed by atoms with Gasteiger partial charge >= 0.3 is 6.09 Å². The molecular formula is C22H26N2O2S. The van der Waals surface area contributed by atoms with Crippen LogP contribution in [0.4, 0.5) is 4.79 Å². The molecule has 1 fully saturated rings. The summed E-state index contributed by atoms with van der Waals surface area (Å²) in [5.41, 5.74) is 4.17. The van der Waals surface area contributed by atoms with Crippen LogP contribution in [0.2, 0.25) is 0 Å². The number of benzene rings is 2. The topological polar surface area (TPSA) is 32.8 Å². The average Bonchev–Trinajstić information content (AvgIpc) is 2.86. The zero-order valence-electron chi connectivity index (χ0n) is 16.0. The van der Waals surface area contributed by atoms with E-state index < -0.39 is 0 Å². The minimum absolute atomic E-state index is 0.185. The van der Waals surface area contributed by atoms with Gasteiger partial charge < -0.3 is 9.64 Å². The summed E-state index contributed by atoms with van der Waals surface area (Å²) in [5.74, 6) is 0. The SMILES string of the molecule is CCOC(=O)N1CCN(C2Cc3ccccc3Sc3c(C)cccc32)CC1. The Morgan fingerprint density at radius 2 is 1.89 bits per heavy atom. The third-order valence-corrected chi connectivity index (χ3v) is 6.86. The van der Waals surface area contributed by atoms with E-state index in [2.05, 4.69) is 54.3 Å². The van der Waals surface area contributed by atoms with Crippen molar-refractivity contribution in [3.8, 4) is 0 Å². The second-order valence-corrected chi connectivity index (χ2v) is 8.20. The lowest BCUT2D eigenvalue weighted by molar-refractivity contribution is 0.0652. The van der Waals surface area contributed by atoms with E-state index in [4.69, 9.17) is 4.74 Å². The maximum Gasteiger partial charge on any atom is 0.409 e. The van der Waals surface area contributed by atoms with Gasteiger partial charge in [0.15, 0.2) is 0 Å². The molecule has 1 amide bonds. The molecule has 2 heterocycles. The number of hydrogen-bond donors (Lipinski definition) is 0. The maximum atomic E-state index is 12.0. The summed E-state index contributed by atoms with van der Waals surface area (Å²) in [4.78, 5) is 19.1. The maximum absolute atomic E-state index is 12.0. The van der Waals surface area contributed by atoms with Crippen molar-refractivity contribution in [2.45, 2.75) is 36.1 Å². The standard InChI is InChI=1S/C22H26N2O2S/c1-3-26-22(25)24-13-11-23(12-14-24)19-15-17-8-4-5-10-20(17)27-21-16(2)7-6-9-18(19)21/h4-10,19H,3,11-15H2,1-2H3. The summed E-state index contributed by atoms with van der Waals surface area (Å²) in [7, 11) is 0. The Morgan fingerprint density at radius 3 is 2.67 bits per heavy atom. The number of piperazine rings is 1. The fourth-order valence-corrected chi connectivity index (χ4v) is 5.23. The number of rotatable bonds is 2. The van der Waals surface area contributed by atoms with E-state index in [1.165, 1.54) is 26.5 Å². The average molecular weight is 383 g/mol. The van der Waals surface area contributed by atoms with E-state index >= 15 is 0 Å². The van der Waals surface area contributed by atoms with Gasteiger partial charge in [-0.15, -0.1) is 0 Å². The number of hydrogen-bond acceptors (Lipinski definition) is 4. The van der Waals surface area contributed by atoms with Crippen molar-refractivity contribution in [3.63, 3.8) is 0 Å². The molecule has 0 aromatic heterocycles. The van der Waals surface area contributed by atoms with E-state index in [-0.39, 0.29) is 6.09 Å². The van der Waals surface area contributed by atoms with Crippen molar-refractivity contribution >= 4 is 17.9 Å². The van der Waals surface area contributed by atoms with Crippen molar-refractivity contribution in [3.05, 3.63) is 59.2 Å². The Balaban J connectivity index is 1.61. The van der Waals surface area contributed by atoms with E-state index in [0.29, 0.717) is 12.6 Å². The van der Waals surface area contributed by atoms with Crippen LogP contribution < -0.4 is 0 Å². The molecule has 2 aromatic rings. The number of carbonyl (C=O) groups excluding carboxylic acids is 1. The van der Waals surface area contributed by atoms with Gasteiger partial charge in [-0.1, -0.05) is 48.2 Å². The highest BCUT2D eigenvalue weighted by Gasteiger charge is 2.31. The Morgan fingerprint density at radius 1 is 1.11 bits per heavy atom. The van der Waals surface area contributed by atoms with E-state index in [1.807, 2.05) is 23.6 Å². The first-order valence-electron chi connectivity index (χ1n) is 9.68. The Kier molecular flexibility index (Phi) is 5.41. The molecule has 2 aliphatic heterocycles. The zero-order valence-corrected chi connectivity index (χ0v) is 16.8. The normalized spacial score (nSPS) is 19.8. The number of nitrogens with zero attached hydrogens (tertiary/aromatic N) is 2. The minimum atomic E-state index is -0.185. The molecule has 1 saturated heterocycles. The van der Waals surface area contributed by atoms with Crippen molar-refractivity contribution in [1.82, 2.24) is 9.80 Å². The zero-order chi connectivity index (χ0) is 18.8. The van der Waals surface area contributed by atoms with Crippen LogP contribution in [0, 0.1) is 6.92 Å². The molecule has 0 aliphatic carbocycles. The Bertz CT molecular complexity index is 831. The molecule has 2 aliphatic rings. The van der Waals surface area contributed by atoms with E-state index in [9.17, 15) is 4.79 Å². The number of carbonyl (C=O) groups is 1. The van der Waals surface area contributed by atoms with Crippen LogP contribution in [-0.2, 0) is 11.2 Å². The number of aryl methyl sites for hydroxylation is 1. The third-order valence-electron chi connectivity index (χ3n) is 5.48. The van der Waals surface area contributed by atoms with Crippen molar-refractivity contribution < 1.29 is 9.53 Å². The van der Waals surface area contributed by atoms with E-state index in [0.717, 1.165) is 32.6 Å². The van der Waals surface area contributed by atoms with Crippen LogP contribution in [0.3, 0.4) is 0 Å². The van der Waals surface area contributed by atoms with Gasteiger partial charge in [-0.25, -0.2) is 4.79 Å². The quantitative estimate of drug-likeness (QED) is 0.765. The molecule has 4 nitrogen and oxygen atoms in total. The molecule has 1 atom stereocenters. The summed E-state index contributed by atoms with van der Waals surface area (Å²) in [5, 5.41) is 0. The first kappa shape index (κ1) is 18.4. The largest absolute Gasteiger partial charge is 0.450 e. The molecule has 0 saturated carbocycles. The summed E-state index contributed by atoms with van der Waals surface area (Å²) in [6.45, 7) is 7.70. The molecule has 4 rings (SSSR count). The molecule has 1 unspecified atom stereocenters. The monoisotopic (exact) mass is 382 g/mol. The first-order valence-corrected chi connectivity index (χ1v) is 10.5.